The maximum Gasteiger partial charge on any atom is 0.183 e. The molecule has 1 fully saturated rings. The van der Waals surface area contributed by atoms with Crippen molar-refractivity contribution >= 4 is 5.82 Å². The number of hydrogen-bond donors (Lipinski definition) is 1. The Kier molecular flexibility index (Phi) is 4.10. The Bertz CT molecular complexity index is 623. The molecule has 0 aliphatic carbocycles. The summed E-state index contributed by atoms with van der Waals surface area (Å²) in [6.45, 7) is 5.61. The van der Waals surface area contributed by atoms with Gasteiger partial charge in [0.15, 0.2) is 11.6 Å². The van der Waals surface area contributed by atoms with Crippen LogP contribution in [0.3, 0.4) is 0 Å². The summed E-state index contributed by atoms with van der Waals surface area (Å²) in [7, 11) is 0. The highest BCUT2D eigenvalue weighted by atomic mass is 16.5. The third-order valence-electron chi connectivity index (χ3n) is 3.65. The zero-order valence-corrected chi connectivity index (χ0v) is 12.5. The van der Waals surface area contributed by atoms with Crippen LogP contribution in [0.2, 0.25) is 0 Å². The van der Waals surface area contributed by atoms with Gasteiger partial charge in [-0.15, -0.1) is 10.2 Å². The highest BCUT2D eigenvalue weighted by Gasteiger charge is 2.16. The maximum atomic E-state index is 5.62. The number of aryl methyl sites for hydroxylation is 2. The molecule has 5 heteroatoms. The van der Waals surface area contributed by atoms with Gasteiger partial charge in [-0.2, -0.15) is 0 Å². The fourth-order valence-corrected chi connectivity index (χ4v) is 2.47. The van der Waals surface area contributed by atoms with E-state index >= 15 is 0 Å². The van der Waals surface area contributed by atoms with Crippen LogP contribution in [-0.4, -0.2) is 34.4 Å². The Labute approximate surface area is 124 Å². The molecular formula is C16H20N4O. The van der Waals surface area contributed by atoms with Crippen molar-refractivity contribution in [3.8, 4) is 11.4 Å². The van der Waals surface area contributed by atoms with Crippen molar-refractivity contribution in [3.05, 3.63) is 35.5 Å². The van der Waals surface area contributed by atoms with Crippen LogP contribution >= 0.6 is 0 Å². The summed E-state index contributed by atoms with van der Waals surface area (Å²) in [5.74, 6) is 1.44. The molecule has 3 rings (SSSR count). The van der Waals surface area contributed by atoms with Crippen LogP contribution in [0.25, 0.3) is 11.4 Å². The Hall–Kier alpha value is -2.01. The second-order valence-corrected chi connectivity index (χ2v) is 5.45. The largest absolute Gasteiger partial charge is 0.376 e. The minimum atomic E-state index is 0.279. The quantitative estimate of drug-likeness (QED) is 0.935. The van der Waals surface area contributed by atoms with E-state index in [-0.39, 0.29) is 6.10 Å². The molecule has 0 saturated carbocycles. The molecule has 1 aromatic heterocycles. The molecule has 1 atom stereocenters. The summed E-state index contributed by atoms with van der Waals surface area (Å²) < 4.78 is 5.62. The van der Waals surface area contributed by atoms with E-state index < -0.39 is 0 Å². The standard InChI is InChI=1S/C16H20N4O/c1-11-5-3-6-13(9-11)16-18-15(12(2)19-20-16)17-10-14-7-4-8-21-14/h3,5-6,9,14H,4,7-8,10H2,1-2H3,(H,17,18,20)/t14-/m0/s1. The normalized spacial score (nSPS) is 17.9. The minimum Gasteiger partial charge on any atom is -0.376 e. The summed E-state index contributed by atoms with van der Waals surface area (Å²) in [5, 5.41) is 11.8. The summed E-state index contributed by atoms with van der Waals surface area (Å²) in [4.78, 5) is 4.60. The van der Waals surface area contributed by atoms with E-state index in [0.29, 0.717) is 5.82 Å². The number of benzene rings is 1. The topological polar surface area (TPSA) is 59.9 Å². The summed E-state index contributed by atoms with van der Waals surface area (Å²) in [5.41, 5.74) is 2.98. The first-order valence-electron chi connectivity index (χ1n) is 7.36. The maximum absolute atomic E-state index is 5.62. The molecule has 0 spiro atoms. The number of nitrogens with one attached hydrogen (secondary N) is 1. The molecule has 5 nitrogen and oxygen atoms in total. The van der Waals surface area contributed by atoms with Crippen LogP contribution < -0.4 is 5.32 Å². The van der Waals surface area contributed by atoms with Crippen molar-refractivity contribution in [2.75, 3.05) is 18.5 Å². The van der Waals surface area contributed by atoms with E-state index in [1.54, 1.807) is 0 Å². The van der Waals surface area contributed by atoms with Gasteiger partial charge in [-0.1, -0.05) is 23.8 Å². The van der Waals surface area contributed by atoms with Gasteiger partial charge in [0.25, 0.3) is 0 Å². The molecule has 2 aromatic rings. The van der Waals surface area contributed by atoms with Crippen LogP contribution in [0.4, 0.5) is 5.82 Å². The molecule has 1 saturated heterocycles. The molecule has 21 heavy (non-hydrogen) atoms. The van der Waals surface area contributed by atoms with Crippen LogP contribution in [0.1, 0.15) is 24.1 Å². The smallest absolute Gasteiger partial charge is 0.183 e. The van der Waals surface area contributed by atoms with Crippen LogP contribution in [0.15, 0.2) is 24.3 Å². The predicted octanol–water partition coefficient (Wildman–Crippen LogP) is 2.75. The van der Waals surface area contributed by atoms with Gasteiger partial charge in [0, 0.05) is 18.7 Å². The fourth-order valence-electron chi connectivity index (χ4n) is 2.47. The van der Waals surface area contributed by atoms with Gasteiger partial charge in [-0.3, -0.25) is 0 Å². The molecule has 0 unspecified atom stereocenters. The fraction of sp³-hybridized carbons (Fsp3) is 0.438. The second-order valence-electron chi connectivity index (χ2n) is 5.45. The number of anilines is 1. The number of rotatable bonds is 4. The lowest BCUT2D eigenvalue weighted by atomic mass is 10.1. The van der Waals surface area contributed by atoms with Gasteiger partial charge >= 0.3 is 0 Å². The molecule has 0 radical (unpaired) electrons. The first-order valence-corrected chi connectivity index (χ1v) is 7.36. The summed E-state index contributed by atoms with van der Waals surface area (Å²) in [6, 6.07) is 8.13. The van der Waals surface area contributed by atoms with E-state index in [9.17, 15) is 0 Å². The Morgan fingerprint density at radius 3 is 2.95 bits per heavy atom. The van der Waals surface area contributed by atoms with Crippen molar-refractivity contribution < 1.29 is 4.74 Å². The van der Waals surface area contributed by atoms with E-state index in [2.05, 4.69) is 39.6 Å². The molecule has 0 bridgehead atoms. The molecule has 1 aromatic carbocycles. The number of hydrogen-bond acceptors (Lipinski definition) is 5. The van der Waals surface area contributed by atoms with Gasteiger partial charge in [0.2, 0.25) is 0 Å². The van der Waals surface area contributed by atoms with Crippen LogP contribution in [0, 0.1) is 13.8 Å². The Morgan fingerprint density at radius 1 is 1.29 bits per heavy atom. The lowest BCUT2D eigenvalue weighted by Crippen LogP contribution is -2.20. The van der Waals surface area contributed by atoms with Crippen molar-refractivity contribution in [2.24, 2.45) is 0 Å². The predicted molar refractivity (Wildman–Crippen MR) is 82.2 cm³/mol. The molecule has 1 aliphatic heterocycles. The van der Waals surface area contributed by atoms with E-state index in [0.717, 1.165) is 43.1 Å². The van der Waals surface area contributed by atoms with Gasteiger partial charge in [-0.05, 0) is 32.8 Å². The first-order chi connectivity index (χ1) is 10.2. The Morgan fingerprint density at radius 2 is 2.19 bits per heavy atom. The van der Waals surface area contributed by atoms with E-state index in [1.807, 2.05) is 19.1 Å². The van der Waals surface area contributed by atoms with Crippen molar-refractivity contribution in [1.29, 1.82) is 0 Å². The molecule has 110 valence electrons. The first kappa shape index (κ1) is 13.9. The lowest BCUT2D eigenvalue weighted by Gasteiger charge is -2.13. The van der Waals surface area contributed by atoms with Gasteiger partial charge in [-0.25, -0.2) is 4.98 Å². The minimum absolute atomic E-state index is 0.279. The van der Waals surface area contributed by atoms with Crippen LogP contribution in [-0.2, 0) is 4.74 Å². The van der Waals surface area contributed by atoms with Crippen molar-refractivity contribution in [2.45, 2.75) is 32.8 Å². The van der Waals surface area contributed by atoms with Crippen molar-refractivity contribution in [3.63, 3.8) is 0 Å². The summed E-state index contributed by atoms with van der Waals surface area (Å²) in [6.07, 6.45) is 2.53. The SMILES string of the molecule is Cc1cccc(-c2nnc(C)c(NC[C@@H]3CCCO3)n2)c1. The molecule has 2 heterocycles. The summed E-state index contributed by atoms with van der Waals surface area (Å²) >= 11 is 0. The van der Waals surface area contributed by atoms with E-state index in [1.165, 1.54) is 5.56 Å². The number of ether oxygens (including phenoxy) is 1. The molecule has 0 amide bonds. The number of nitrogens with zero attached hydrogens (tertiary/aromatic N) is 3. The average Bonchev–Trinajstić information content (AvgIpc) is 3.00. The van der Waals surface area contributed by atoms with E-state index in [4.69, 9.17) is 4.74 Å². The Balaban J connectivity index is 1.78. The molecular weight excluding hydrogens is 264 g/mol. The van der Waals surface area contributed by atoms with Gasteiger partial charge < -0.3 is 10.1 Å². The third kappa shape index (κ3) is 3.36. The van der Waals surface area contributed by atoms with Crippen molar-refractivity contribution in [1.82, 2.24) is 15.2 Å². The second kappa shape index (κ2) is 6.18. The average molecular weight is 284 g/mol. The lowest BCUT2D eigenvalue weighted by molar-refractivity contribution is 0.120. The zero-order chi connectivity index (χ0) is 14.7. The highest BCUT2D eigenvalue weighted by molar-refractivity contribution is 5.58. The molecule has 1 N–H and O–H groups in total. The van der Waals surface area contributed by atoms with Crippen LogP contribution in [0.5, 0.6) is 0 Å². The third-order valence-corrected chi connectivity index (χ3v) is 3.65. The number of aromatic nitrogens is 3. The monoisotopic (exact) mass is 284 g/mol. The highest BCUT2D eigenvalue weighted by Crippen LogP contribution is 2.19. The zero-order valence-electron chi connectivity index (χ0n) is 12.5. The molecule has 1 aliphatic rings. The van der Waals surface area contributed by atoms with Gasteiger partial charge in [0.05, 0.1) is 6.10 Å². The van der Waals surface area contributed by atoms with Gasteiger partial charge in [0.1, 0.15) is 5.69 Å².